The second-order valence-corrected chi connectivity index (χ2v) is 9.69. The van der Waals surface area contributed by atoms with Gasteiger partial charge in [0.2, 0.25) is 5.95 Å². The second kappa shape index (κ2) is 11.0. The van der Waals surface area contributed by atoms with Crippen molar-refractivity contribution in [2.45, 2.75) is 13.3 Å². The molecule has 0 bridgehead atoms. The van der Waals surface area contributed by atoms with Gasteiger partial charge in [-0.15, -0.1) is 5.10 Å². The summed E-state index contributed by atoms with van der Waals surface area (Å²) in [5.74, 6) is 2.89. The van der Waals surface area contributed by atoms with E-state index >= 15 is 0 Å². The maximum absolute atomic E-state index is 10.4. The maximum atomic E-state index is 10.4. The van der Waals surface area contributed by atoms with Crippen LogP contribution >= 0.6 is 0 Å². The number of likely N-dealkylation sites (N-methyl/N-ethyl adjacent to an activating group) is 1. The number of aryl methyl sites for hydroxylation is 1. The number of pyridine rings is 1. The first-order valence-electron chi connectivity index (χ1n) is 13.3. The van der Waals surface area contributed by atoms with E-state index in [9.17, 15) is 5.26 Å². The first-order valence-corrected chi connectivity index (χ1v) is 13.3. The molecule has 3 aromatic heterocycles. The molecule has 0 amide bonds. The van der Waals surface area contributed by atoms with Gasteiger partial charge in [-0.2, -0.15) is 19.7 Å². The Kier molecular flexibility index (Phi) is 6.95. The van der Waals surface area contributed by atoms with Crippen molar-refractivity contribution < 1.29 is 4.74 Å². The van der Waals surface area contributed by atoms with E-state index in [0.29, 0.717) is 40.3 Å². The summed E-state index contributed by atoms with van der Waals surface area (Å²) in [6, 6.07) is 21.8. The van der Waals surface area contributed by atoms with Crippen molar-refractivity contribution in [3.05, 3.63) is 84.2 Å². The largest absolute Gasteiger partial charge is 0.457 e. The van der Waals surface area contributed by atoms with Crippen molar-refractivity contribution in [1.29, 1.82) is 5.26 Å². The van der Waals surface area contributed by atoms with Gasteiger partial charge in [0.05, 0.1) is 5.69 Å². The Hall–Kier alpha value is -5.01. The van der Waals surface area contributed by atoms with Crippen LogP contribution in [0.25, 0.3) is 17.0 Å². The summed E-state index contributed by atoms with van der Waals surface area (Å²) in [5, 5.41) is 18.4. The lowest BCUT2D eigenvalue weighted by molar-refractivity contribution is 0.312. The number of ether oxygens (including phenoxy) is 1. The minimum absolute atomic E-state index is 0.390. The molecule has 1 saturated heterocycles. The molecule has 10 nitrogen and oxygen atoms in total. The Labute approximate surface area is 232 Å². The molecule has 0 atom stereocenters. The third-order valence-electron chi connectivity index (χ3n) is 7.01. The molecule has 0 radical (unpaired) electrons. The third-order valence-corrected chi connectivity index (χ3v) is 7.01. The van der Waals surface area contributed by atoms with E-state index in [1.165, 1.54) is 5.56 Å². The standard InChI is InChI=1S/C30H29N9O/c1-3-21-4-6-22(7-5-21)27-26(20-31)28(38-18-16-37(2)17-19-38)34-30-35-29(36-39(27)30)33-23-8-10-24(11-9-23)40-25-12-14-32-15-13-25/h4-15H,3,16-19H2,1-2H3,(H,33,36). The number of aromatic nitrogens is 5. The molecule has 40 heavy (non-hydrogen) atoms. The summed E-state index contributed by atoms with van der Waals surface area (Å²) >= 11 is 0. The third kappa shape index (κ3) is 5.15. The summed E-state index contributed by atoms with van der Waals surface area (Å²) in [4.78, 5) is 18.0. The predicted molar refractivity (Wildman–Crippen MR) is 154 cm³/mol. The van der Waals surface area contributed by atoms with Crippen molar-refractivity contribution in [2.24, 2.45) is 0 Å². The van der Waals surface area contributed by atoms with E-state index in [-0.39, 0.29) is 0 Å². The van der Waals surface area contributed by atoms with Crippen LogP contribution in [-0.2, 0) is 6.42 Å². The van der Waals surface area contributed by atoms with Gasteiger partial charge in [-0.05, 0) is 55.4 Å². The molecule has 4 heterocycles. The average Bonchev–Trinajstić information content (AvgIpc) is 3.40. The molecule has 1 fully saturated rings. The molecule has 1 N–H and O–H groups in total. The quantitative estimate of drug-likeness (QED) is 0.313. The van der Waals surface area contributed by atoms with E-state index in [0.717, 1.165) is 43.9 Å². The smallest absolute Gasteiger partial charge is 0.256 e. The van der Waals surface area contributed by atoms with Crippen LogP contribution in [0, 0.1) is 11.3 Å². The monoisotopic (exact) mass is 531 g/mol. The van der Waals surface area contributed by atoms with E-state index in [2.05, 4.69) is 52.3 Å². The Morgan fingerprint density at radius 1 is 0.900 bits per heavy atom. The molecule has 0 saturated carbocycles. The summed E-state index contributed by atoms with van der Waals surface area (Å²) in [7, 11) is 2.11. The maximum Gasteiger partial charge on any atom is 0.256 e. The zero-order valence-electron chi connectivity index (χ0n) is 22.4. The molecule has 200 valence electrons. The van der Waals surface area contributed by atoms with Gasteiger partial charge in [0.25, 0.3) is 5.78 Å². The van der Waals surface area contributed by atoms with Gasteiger partial charge < -0.3 is 19.9 Å². The Morgan fingerprint density at radius 2 is 1.60 bits per heavy atom. The number of anilines is 3. The van der Waals surface area contributed by atoms with Crippen molar-refractivity contribution in [3.63, 3.8) is 0 Å². The van der Waals surface area contributed by atoms with Crippen molar-refractivity contribution in [1.82, 2.24) is 29.5 Å². The van der Waals surface area contributed by atoms with Gasteiger partial charge in [-0.25, -0.2) is 0 Å². The van der Waals surface area contributed by atoms with Gasteiger partial charge in [0, 0.05) is 49.8 Å². The molecular weight excluding hydrogens is 502 g/mol. The minimum Gasteiger partial charge on any atom is -0.457 e. The molecule has 1 aliphatic rings. The van der Waals surface area contributed by atoms with Gasteiger partial charge >= 0.3 is 0 Å². The van der Waals surface area contributed by atoms with Crippen molar-refractivity contribution in [3.8, 4) is 28.8 Å². The summed E-state index contributed by atoms with van der Waals surface area (Å²) in [6.07, 6.45) is 4.31. The first kappa shape index (κ1) is 25.3. The van der Waals surface area contributed by atoms with Gasteiger partial charge in [-0.3, -0.25) is 4.98 Å². The first-order chi connectivity index (χ1) is 19.6. The fourth-order valence-corrected chi connectivity index (χ4v) is 4.73. The highest BCUT2D eigenvalue weighted by molar-refractivity contribution is 5.76. The van der Waals surface area contributed by atoms with Crippen LogP contribution in [0.1, 0.15) is 18.1 Å². The number of hydrogen-bond donors (Lipinski definition) is 1. The Morgan fingerprint density at radius 3 is 2.27 bits per heavy atom. The topological polar surface area (TPSA) is 108 Å². The molecule has 0 spiro atoms. The highest BCUT2D eigenvalue weighted by Gasteiger charge is 2.25. The molecule has 6 rings (SSSR count). The lowest BCUT2D eigenvalue weighted by atomic mass is 10.0. The van der Waals surface area contributed by atoms with Crippen LogP contribution in [0.2, 0.25) is 0 Å². The second-order valence-electron chi connectivity index (χ2n) is 9.69. The number of benzene rings is 2. The number of hydrogen-bond acceptors (Lipinski definition) is 9. The van der Waals surface area contributed by atoms with Gasteiger partial charge in [0.1, 0.15) is 23.1 Å². The van der Waals surface area contributed by atoms with E-state index in [1.807, 2.05) is 36.4 Å². The van der Waals surface area contributed by atoms with Gasteiger partial charge in [-0.1, -0.05) is 31.2 Å². The Balaban J connectivity index is 1.37. The lowest BCUT2D eigenvalue weighted by Gasteiger charge is -2.33. The molecule has 0 aliphatic carbocycles. The summed E-state index contributed by atoms with van der Waals surface area (Å²) < 4.78 is 7.53. The number of nitrogens with one attached hydrogen (secondary N) is 1. The number of piperazine rings is 1. The van der Waals surface area contributed by atoms with Crippen LogP contribution in [0.4, 0.5) is 17.5 Å². The predicted octanol–water partition coefficient (Wildman–Crippen LogP) is 4.91. The minimum atomic E-state index is 0.390. The molecular formula is C30H29N9O. The average molecular weight is 532 g/mol. The number of nitrogens with zero attached hydrogens (tertiary/aromatic N) is 8. The summed E-state index contributed by atoms with van der Waals surface area (Å²) in [5.41, 5.74) is 4.10. The number of nitriles is 1. The van der Waals surface area contributed by atoms with Crippen LogP contribution in [0.3, 0.4) is 0 Å². The van der Waals surface area contributed by atoms with Crippen LogP contribution in [0.15, 0.2) is 73.1 Å². The molecule has 1 aliphatic heterocycles. The van der Waals surface area contributed by atoms with Crippen LogP contribution in [-0.4, -0.2) is 62.7 Å². The Bertz CT molecular complexity index is 1650. The number of rotatable bonds is 7. The lowest BCUT2D eigenvalue weighted by Crippen LogP contribution is -2.45. The van der Waals surface area contributed by atoms with Crippen LogP contribution in [0.5, 0.6) is 11.5 Å². The highest BCUT2D eigenvalue weighted by Crippen LogP contribution is 2.32. The number of fused-ring (bicyclic) bond motifs is 1. The zero-order valence-corrected chi connectivity index (χ0v) is 22.4. The highest BCUT2D eigenvalue weighted by atomic mass is 16.5. The van der Waals surface area contributed by atoms with E-state index < -0.39 is 0 Å². The molecule has 2 aromatic carbocycles. The fourth-order valence-electron chi connectivity index (χ4n) is 4.73. The van der Waals surface area contributed by atoms with Crippen LogP contribution < -0.4 is 15.0 Å². The van der Waals surface area contributed by atoms with Gasteiger partial charge in [0.15, 0.2) is 5.82 Å². The normalized spacial score (nSPS) is 13.8. The van der Waals surface area contributed by atoms with E-state index in [1.54, 1.807) is 29.0 Å². The summed E-state index contributed by atoms with van der Waals surface area (Å²) in [6.45, 7) is 5.50. The van der Waals surface area contributed by atoms with Crippen molar-refractivity contribution in [2.75, 3.05) is 43.4 Å². The van der Waals surface area contributed by atoms with E-state index in [4.69, 9.17) is 19.8 Å². The molecule has 0 unspecified atom stereocenters. The zero-order chi connectivity index (χ0) is 27.5. The fraction of sp³-hybridized carbons (Fsp3) is 0.233. The molecule has 5 aromatic rings. The SMILES string of the molecule is CCc1ccc(-c2c(C#N)c(N3CCN(C)CC3)nc3nc(Nc4ccc(Oc5ccncc5)cc4)nn23)cc1. The molecule has 10 heteroatoms. The van der Waals surface area contributed by atoms with Crippen molar-refractivity contribution >= 4 is 23.2 Å².